The van der Waals surface area contributed by atoms with Crippen LogP contribution in [0.5, 0.6) is 0 Å². The molecule has 0 amide bonds. The summed E-state index contributed by atoms with van der Waals surface area (Å²) in [4.78, 5) is 0.843. The van der Waals surface area contributed by atoms with Crippen LogP contribution in [-0.4, -0.2) is 18.6 Å². The Labute approximate surface area is 108 Å². The van der Waals surface area contributed by atoms with Gasteiger partial charge in [-0.3, -0.25) is 0 Å². The van der Waals surface area contributed by atoms with E-state index in [1.54, 1.807) is 0 Å². The van der Waals surface area contributed by atoms with Crippen LogP contribution in [0, 0.1) is 0 Å². The number of nitrogens with one attached hydrogen (secondary N) is 1. The monoisotopic (exact) mass is 267 g/mol. The smallest absolute Gasteiger partial charge is 0.239 e. The zero-order chi connectivity index (χ0) is 10.4. The molecule has 0 aliphatic rings. The summed E-state index contributed by atoms with van der Waals surface area (Å²) in [7, 11) is 2.01. The molecule has 0 saturated carbocycles. The van der Waals surface area contributed by atoms with Gasteiger partial charge in [-0.1, -0.05) is 30.3 Å². The fraction of sp³-hybridized carbons (Fsp3) is 0.455. The van der Waals surface area contributed by atoms with Crippen LogP contribution in [0.3, 0.4) is 0 Å². The highest BCUT2D eigenvalue weighted by Crippen LogP contribution is 2.01. The lowest BCUT2D eigenvalue weighted by atomic mass is 10.1. The van der Waals surface area contributed by atoms with Gasteiger partial charge in [0.25, 0.3) is 0 Å². The molecule has 0 saturated heterocycles. The Morgan fingerprint density at radius 3 is 2.33 bits per heavy atom. The second-order valence-electron chi connectivity index (χ2n) is 3.49. The molecule has 0 heterocycles. The molecule has 86 valence electrons. The van der Waals surface area contributed by atoms with Crippen molar-refractivity contribution in [2.24, 2.45) is 0 Å². The molecule has 0 aliphatic heterocycles. The second-order valence-corrected chi connectivity index (χ2v) is 4.58. The molecule has 1 N–H and O–H groups in total. The molecule has 0 aromatic heterocycles. The molecular weight excluding hydrogens is 252 g/mol. The summed E-state index contributed by atoms with van der Waals surface area (Å²) in [5.74, 6) is 0. The average Bonchev–Trinajstić information content (AvgIpc) is 2.19. The predicted octanol–water partition coefficient (Wildman–Crippen LogP) is -1.10. The zero-order valence-corrected chi connectivity index (χ0v) is 11.0. The summed E-state index contributed by atoms with van der Waals surface area (Å²) in [6.07, 6.45) is 2.21. The van der Waals surface area contributed by atoms with Gasteiger partial charge >= 0.3 is 0 Å². The predicted molar refractivity (Wildman–Crippen MR) is 62.0 cm³/mol. The van der Waals surface area contributed by atoms with Crippen LogP contribution in [-0.2, 0) is 6.42 Å². The van der Waals surface area contributed by atoms with E-state index < -0.39 is 0 Å². The van der Waals surface area contributed by atoms with Crippen molar-refractivity contribution in [1.29, 1.82) is 0 Å². The molecule has 0 fully saturated rings. The molecule has 0 aliphatic carbocycles. The van der Waals surface area contributed by atoms with Crippen LogP contribution in [0.15, 0.2) is 30.3 Å². The quantitative estimate of drug-likeness (QED) is 0.511. The molecule has 0 spiro atoms. The van der Waals surface area contributed by atoms with Crippen molar-refractivity contribution in [3.05, 3.63) is 35.9 Å². The molecule has 1 unspecified atom stereocenters. The van der Waals surface area contributed by atoms with Crippen LogP contribution in [0.25, 0.3) is 0 Å². The van der Waals surface area contributed by atoms with Crippen LogP contribution in [0.4, 0.5) is 0 Å². The average molecular weight is 269 g/mol. The van der Waals surface area contributed by atoms with Gasteiger partial charge in [-0.25, -0.2) is 0 Å². The first-order valence-corrected chi connectivity index (χ1v) is 5.72. The number of benzene rings is 1. The molecular formula is C11H16Cl3N. The number of quaternary nitrogens is 1. The Balaban J connectivity index is 0.00000196. The third-order valence-corrected chi connectivity index (χ3v) is 3.00. The van der Waals surface area contributed by atoms with Gasteiger partial charge in [-0.05, 0) is 35.2 Å². The number of rotatable bonds is 5. The minimum Gasteiger partial charge on any atom is -1.00 e. The van der Waals surface area contributed by atoms with Crippen molar-refractivity contribution >= 4 is 23.2 Å². The fourth-order valence-corrected chi connectivity index (χ4v) is 1.54. The molecule has 1 nitrogen and oxygen atoms in total. The largest absolute Gasteiger partial charge is 1.00 e. The number of aryl methyl sites for hydroxylation is 1. The minimum absolute atomic E-state index is 0. The Hall–Kier alpha value is 0.0500. The van der Waals surface area contributed by atoms with Crippen LogP contribution < -0.4 is 17.3 Å². The molecule has 1 aromatic carbocycles. The molecule has 4 heteroatoms. The van der Waals surface area contributed by atoms with Gasteiger partial charge in [0.05, 0.1) is 13.6 Å². The summed E-state index contributed by atoms with van der Waals surface area (Å²) in [6.45, 7) is 1.01. The van der Waals surface area contributed by atoms with Gasteiger partial charge in [0.1, 0.15) is 0 Å². The maximum Gasteiger partial charge on any atom is 0.239 e. The van der Waals surface area contributed by atoms with Gasteiger partial charge in [0.2, 0.25) is 4.96 Å². The molecule has 1 aromatic rings. The van der Waals surface area contributed by atoms with E-state index in [-0.39, 0.29) is 17.4 Å². The number of hydrogen-bond donors (Lipinski definition) is 1. The lowest BCUT2D eigenvalue weighted by molar-refractivity contribution is -0.879. The van der Waals surface area contributed by atoms with Crippen LogP contribution >= 0.6 is 23.2 Å². The maximum atomic E-state index is 5.74. The maximum absolute atomic E-state index is 5.74. The van der Waals surface area contributed by atoms with Crippen LogP contribution in [0.1, 0.15) is 12.0 Å². The SMILES string of the molecule is C[NH+](CCCc1ccccc1)C(Cl)Cl.[Cl-]. The first-order chi connectivity index (χ1) is 6.70. The first kappa shape index (κ1) is 15.0. The number of hydrogen-bond acceptors (Lipinski definition) is 0. The van der Waals surface area contributed by atoms with Crippen molar-refractivity contribution in [3.63, 3.8) is 0 Å². The molecule has 1 rings (SSSR count). The van der Waals surface area contributed by atoms with E-state index in [0.717, 1.165) is 24.3 Å². The Bertz CT molecular complexity index is 251. The van der Waals surface area contributed by atoms with E-state index in [1.165, 1.54) is 5.56 Å². The van der Waals surface area contributed by atoms with Gasteiger partial charge in [-0.15, -0.1) is 0 Å². The highest BCUT2D eigenvalue weighted by atomic mass is 35.5. The topological polar surface area (TPSA) is 4.44 Å². The molecule has 0 radical (unpaired) electrons. The van der Waals surface area contributed by atoms with E-state index in [0.29, 0.717) is 0 Å². The Morgan fingerprint density at radius 1 is 1.20 bits per heavy atom. The van der Waals surface area contributed by atoms with Crippen molar-refractivity contribution < 1.29 is 17.3 Å². The van der Waals surface area contributed by atoms with E-state index >= 15 is 0 Å². The van der Waals surface area contributed by atoms with Crippen molar-refractivity contribution in [2.45, 2.75) is 17.8 Å². The fourth-order valence-electron chi connectivity index (χ4n) is 1.33. The van der Waals surface area contributed by atoms with Crippen molar-refractivity contribution in [3.8, 4) is 0 Å². The molecule has 15 heavy (non-hydrogen) atoms. The third-order valence-electron chi connectivity index (χ3n) is 2.25. The van der Waals surface area contributed by atoms with Gasteiger partial charge < -0.3 is 17.3 Å². The van der Waals surface area contributed by atoms with Crippen LogP contribution in [0.2, 0.25) is 0 Å². The Kier molecular flexibility index (Phi) is 8.26. The number of alkyl halides is 2. The van der Waals surface area contributed by atoms with E-state index in [9.17, 15) is 0 Å². The highest BCUT2D eigenvalue weighted by Gasteiger charge is 2.09. The lowest BCUT2D eigenvalue weighted by Gasteiger charge is -2.14. The summed E-state index contributed by atoms with van der Waals surface area (Å²) in [6, 6.07) is 10.5. The van der Waals surface area contributed by atoms with Gasteiger partial charge in [0.15, 0.2) is 0 Å². The summed E-state index contributed by atoms with van der Waals surface area (Å²) in [5, 5.41) is 0. The minimum atomic E-state index is -0.314. The van der Waals surface area contributed by atoms with E-state index in [1.807, 2.05) is 13.1 Å². The molecule has 0 bridgehead atoms. The van der Waals surface area contributed by atoms with Gasteiger partial charge in [0, 0.05) is 6.42 Å². The van der Waals surface area contributed by atoms with E-state index in [2.05, 4.69) is 24.3 Å². The standard InChI is InChI=1S/C11H15Cl2N.ClH/c1-14(11(12)13)9-5-8-10-6-3-2-4-7-10;/h2-4,6-7,11H,5,8-9H2,1H3;1H. The normalized spacial score (nSPS) is 12.3. The third kappa shape index (κ3) is 6.26. The van der Waals surface area contributed by atoms with E-state index in [4.69, 9.17) is 23.2 Å². The first-order valence-electron chi connectivity index (χ1n) is 4.84. The van der Waals surface area contributed by atoms with Gasteiger partial charge in [-0.2, -0.15) is 0 Å². The summed E-state index contributed by atoms with van der Waals surface area (Å²) >= 11 is 11.5. The lowest BCUT2D eigenvalue weighted by Crippen LogP contribution is -3.11. The summed E-state index contributed by atoms with van der Waals surface area (Å²) < 4.78 is 0. The number of halogens is 3. The Morgan fingerprint density at radius 2 is 1.80 bits per heavy atom. The molecule has 1 atom stereocenters. The van der Waals surface area contributed by atoms with Crippen molar-refractivity contribution in [2.75, 3.05) is 13.6 Å². The zero-order valence-electron chi connectivity index (χ0n) is 8.72. The summed E-state index contributed by atoms with van der Waals surface area (Å²) in [5.41, 5.74) is 1.38. The van der Waals surface area contributed by atoms with Crippen molar-refractivity contribution in [1.82, 2.24) is 0 Å². The highest BCUT2D eigenvalue weighted by molar-refractivity contribution is 6.42. The second kappa shape index (κ2) is 8.23.